The number of carboxylic acids is 1. The first-order valence-corrected chi connectivity index (χ1v) is 10.1. The average Bonchev–Trinajstić information content (AvgIpc) is 2.95. The van der Waals surface area contributed by atoms with Gasteiger partial charge in [0.15, 0.2) is 11.5 Å². The second-order valence-corrected chi connectivity index (χ2v) is 8.12. The number of methoxy groups -OCH3 is 1. The summed E-state index contributed by atoms with van der Waals surface area (Å²) in [4.78, 5) is 24.4. The number of carboxylic acid groups (broad SMARTS) is 1. The second kappa shape index (κ2) is 9.46. The standard InChI is InChI=1S/C20H15ClFNO5S2/c1-27-15-6-5-11(8-17-19(26)23(9-18(24)25)20(29)30-17)7-16(15)28-10-12-13(21)3-2-4-14(12)22/h2-8H,9-10H2,1H3,(H,24,25)/p-1/b17-8+. The number of thiocarbonyl (C=S) groups is 1. The lowest BCUT2D eigenvalue weighted by atomic mass is 10.1. The molecule has 1 fully saturated rings. The Labute approximate surface area is 186 Å². The molecule has 6 nitrogen and oxygen atoms in total. The predicted molar refractivity (Wildman–Crippen MR) is 114 cm³/mol. The molecule has 0 saturated carbocycles. The third kappa shape index (κ3) is 4.92. The van der Waals surface area contributed by atoms with Crippen molar-refractivity contribution in [1.29, 1.82) is 0 Å². The van der Waals surface area contributed by atoms with Crippen LogP contribution in [0, 0.1) is 5.82 Å². The maximum Gasteiger partial charge on any atom is 0.266 e. The number of carbonyl (C=O) groups is 2. The summed E-state index contributed by atoms with van der Waals surface area (Å²) in [6.45, 7) is -0.735. The summed E-state index contributed by atoms with van der Waals surface area (Å²) in [5.74, 6) is -1.70. The van der Waals surface area contributed by atoms with Crippen LogP contribution in [-0.2, 0) is 16.2 Å². The van der Waals surface area contributed by atoms with Crippen LogP contribution in [0.4, 0.5) is 4.39 Å². The van der Waals surface area contributed by atoms with Gasteiger partial charge in [-0.25, -0.2) is 4.39 Å². The fraction of sp³-hybridized carbons (Fsp3) is 0.150. The number of aliphatic carboxylic acids is 1. The SMILES string of the molecule is COc1ccc(/C=C2/SC(=S)N(CC(=O)[O-])C2=O)cc1OCc1c(F)cccc1Cl. The van der Waals surface area contributed by atoms with Gasteiger partial charge in [-0.1, -0.05) is 47.7 Å². The van der Waals surface area contributed by atoms with Gasteiger partial charge in [-0.2, -0.15) is 0 Å². The molecule has 1 amide bonds. The fourth-order valence-corrected chi connectivity index (χ4v) is 4.11. The van der Waals surface area contributed by atoms with E-state index in [1.807, 2.05) is 0 Å². The van der Waals surface area contributed by atoms with Gasteiger partial charge in [0.05, 0.1) is 29.6 Å². The van der Waals surface area contributed by atoms with Gasteiger partial charge in [-0.15, -0.1) is 0 Å². The smallest absolute Gasteiger partial charge is 0.266 e. The minimum Gasteiger partial charge on any atom is -0.548 e. The van der Waals surface area contributed by atoms with E-state index < -0.39 is 24.2 Å². The number of rotatable bonds is 7. The van der Waals surface area contributed by atoms with Crippen molar-refractivity contribution in [3.8, 4) is 11.5 Å². The molecule has 3 rings (SSSR count). The fourth-order valence-electron chi connectivity index (χ4n) is 2.63. The van der Waals surface area contributed by atoms with Gasteiger partial charge in [0.2, 0.25) is 0 Å². The molecule has 0 aromatic heterocycles. The van der Waals surface area contributed by atoms with Crippen LogP contribution < -0.4 is 14.6 Å². The summed E-state index contributed by atoms with van der Waals surface area (Å²) >= 11 is 12.1. The highest BCUT2D eigenvalue weighted by Gasteiger charge is 2.31. The molecule has 156 valence electrons. The zero-order valence-electron chi connectivity index (χ0n) is 15.5. The minimum atomic E-state index is -1.40. The molecule has 0 aliphatic carbocycles. The molecule has 1 aliphatic heterocycles. The van der Waals surface area contributed by atoms with Crippen LogP contribution in [0.1, 0.15) is 11.1 Å². The molecule has 0 unspecified atom stereocenters. The first-order chi connectivity index (χ1) is 14.3. The molecule has 1 heterocycles. The summed E-state index contributed by atoms with van der Waals surface area (Å²) in [7, 11) is 1.46. The summed E-state index contributed by atoms with van der Waals surface area (Å²) in [5, 5.41) is 11.0. The summed E-state index contributed by atoms with van der Waals surface area (Å²) in [6, 6.07) is 9.27. The van der Waals surface area contributed by atoms with Crippen molar-refractivity contribution in [1.82, 2.24) is 4.90 Å². The maximum atomic E-state index is 14.0. The predicted octanol–water partition coefficient (Wildman–Crippen LogP) is 3.02. The monoisotopic (exact) mass is 466 g/mol. The van der Waals surface area contributed by atoms with E-state index >= 15 is 0 Å². The Morgan fingerprint density at radius 3 is 2.77 bits per heavy atom. The lowest BCUT2D eigenvalue weighted by molar-refractivity contribution is -0.305. The van der Waals surface area contributed by atoms with Crippen molar-refractivity contribution in [3.05, 3.63) is 63.3 Å². The third-order valence-corrected chi connectivity index (χ3v) is 5.81. The highest BCUT2D eigenvalue weighted by molar-refractivity contribution is 8.26. The van der Waals surface area contributed by atoms with Crippen LogP contribution in [0.2, 0.25) is 5.02 Å². The Morgan fingerprint density at radius 2 is 2.10 bits per heavy atom. The van der Waals surface area contributed by atoms with Crippen LogP contribution in [0.15, 0.2) is 41.3 Å². The van der Waals surface area contributed by atoms with Crippen molar-refractivity contribution >= 4 is 57.9 Å². The van der Waals surface area contributed by atoms with Gasteiger partial charge >= 0.3 is 0 Å². The normalized spacial score (nSPS) is 15.0. The highest BCUT2D eigenvalue weighted by atomic mass is 35.5. The minimum absolute atomic E-state index is 0.126. The number of ether oxygens (including phenoxy) is 2. The number of benzene rings is 2. The van der Waals surface area contributed by atoms with E-state index in [-0.39, 0.29) is 26.4 Å². The molecule has 0 bridgehead atoms. The van der Waals surface area contributed by atoms with Gasteiger partial charge in [-0.3, -0.25) is 9.69 Å². The van der Waals surface area contributed by atoms with Crippen molar-refractivity contribution in [3.63, 3.8) is 0 Å². The first kappa shape index (κ1) is 22.1. The van der Waals surface area contributed by atoms with E-state index in [0.29, 0.717) is 17.1 Å². The Morgan fingerprint density at radius 1 is 1.33 bits per heavy atom. The number of hydrogen-bond acceptors (Lipinski definition) is 7. The van der Waals surface area contributed by atoms with E-state index in [9.17, 15) is 19.1 Å². The van der Waals surface area contributed by atoms with E-state index in [2.05, 4.69) is 0 Å². The molecule has 0 spiro atoms. The molecule has 2 aromatic carbocycles. The van der Waals surface area contributed by atoms with Crippen molar-refractivity contribution in [2.45, 2.75) is 6.61 Å². The van der Waals surface area contributed by atoms with Crippen LogP contribution in [-0.4, -0.2) is 34.8 Å². The highest BCUT2D eigenvalue weighted by Crippen LogP contribution is 2.35. The Hall–Kier alpha value is -2.62. The topological polar surface area (TPSA) is 78.9 Å². The molecular weight excluding hydrogens is 453 g/mol. The van der Waals surface area contributed by atoms with Gasteiger partial charge in [0.1, 0.15) is 16.7 Å². The third-order valence-electron chi connectivity index (χ3n) is 4.08. The number of nitrogens with zero attached hydrogens (tertiary/aromatic N) is 1. The first-order valence-electron chi connectivity index (χ1n) is 8.49. The van der Waals surface area contributed by atoms with E-state index in [1.165, 1.54) is 19.2 Å². The van der Waals surface area contributed by atoms with E-state index in [1.54, 1.807) is 30.3 Å². The van der Waals surface area contributed by atoms with Gasteiger partial charge in [0.25, 0.3) is 5.91 Å². The number of carbonyl (C=O) groups excluding carboxylic acids is 2. The van der Waals surface area contributed by atoms with Crippen molar-refractivity contribution in [2.24, 2.45) is 0 Å². The number of amides is 1. The quantitative estimate of drug-likeness (QED) is 0.458. The number of hydrogen-bond donors (Lipinski definition) is 0. The summed E-state index contributed by atoms with van der Waals surface area (Å²) < 4.78 is 25.1. The molecule has 10 heteroatoms. The average molecular weight is 467 g/mol. The molecule has 30 heavy (non-hydrogen) atoms. The summed E-state index contributed by atoms with van der Waals surface area (Å²) in [5.41, 5.74) is 0.786. The Balaban J connectivity index is 1.84. The van der Waals surface area contributed by atoms with Crippen molar-refractivity contribution in [2.75, 3.05) is 13.7 Å². The van der Waals surface area contributed by atoms with Crippen LogP contribution in [0.5, 0.6) is 11.5 Å². The zero-order chi connectivity index (χ0) is 21.8. The molecular formula is C20H14ClFNO5S2-. The second-order valence-electron chi connectivity index (χ2n) is 6.04. The van der Waals surface area contributed by atoms with E-state index in [4.69, 9.17) is 33.3 Å². The molecule has 2 aromatic rings. The molecule has 0 radical (unpaired) electrons. The number of halogens is 2. The zero-order valence-corrected chi connectivity index (χ0v) is 17.9. The Kier molecular flexibility index (Phi) is 6.96. The van der Waals surface area contributed by atoms with Gasteiger partial charge in [0, 0.05) is 5.56 Å². The Bertz CT molecular complexity index is 1040. The molecule has 1 aliphatic rings. The maximum absolute atomic E-state index is 14.0. The molecule has 0 atom stereocenters. The largest absolute Gasteiger partial charge is 0.548 e. The van der Waals surface area contributed by atoms with Crippen molar-refractivity contribution < 1.29 is 28.6 Å². The van der Waals surface area contributed by atoms with E-state index in [0.717, 1.165) is 16.7 Å². The lowest BCUT2D eigenvalue weighted by Crippen LogP contribution is -2.40. The number of thioether (sulfide) groups is 1. The molecule has 1 saturated heterocycles. The summed E-state index contributed by atoms with van der Waals surface area (Å²) in [6.07, 6.45) is 1.55. The lowest BCUT2D eigenvalue weighted by Gasteiger charge is -2.14. The van der Waals surface area contributed by atoms with Gasteiger partial charge < -0.3 is 19.4 Å². The molecule has 0 N–H and O–H groups in total. The van der Waals surface area contributed by atoms with Crippen LogP contribution in [0.25, 0.3) is 6.08 Å². The van der Waals surface area contributed by atoms with Crippen LogP contribution >= 0.6 is 35.6 Å². The van der Waals surface area contributed by atoms with Crippen LogP contribution in [0.3, 0.4) is 0 Å². The van der Waals surface area contributed by atoms with Gasteiger partial charge in [-0.05, 0) is 35.9 Å².